The van der Waals surface area contributed by atoms with Crippen LogP contribution in [0.2, 0.25) is 5.28 Å². The van der Waals surface area contributed by atoms with Crippen LogP contribution in [0.3, 0.4) is 0 Å². The van der Waals surface area contributed by atoms with Gasteiger partial charge in [-0.15, -0.1) is 0 Å². The summed E-state index contributed by atoms with van der Waals surface area (Å²) in [6, 6.07) is 0. The van der Waals surface area contributed by atoms with Crippen molar-refractivity contribution in [3.63, 3.8) is 0 Å². The fourth-order valence-corrected chi connectivity index (χ4v) is 1.04. The van der Waals surface area contributed by atoms with Gasteiger partial charge in [-0.1, -0.05) is 0 Å². The Morgan fingerprint density at radius 2 is 2.33 bits per heavy atom. The highest BCUT2D eigenvalue weighted by atomic mass is 35.5. The predicted molar refractivity (Wildman–Crippen MR) is 43.0 cm³/mol. The molecule has 2 heterocycles. The lowest BCUT2D eigenvalue weighted by Crippen LogP contribution is -2.09. The number of nitrogens with zero attached hydrogens (tertiary/aromatic N) is 3. The van der Waals surface area contributed by atoms with Crippen LogP contribution in [0.1, 0.15) is 0 Å². The van der Waals surface area contributed by atoms with Crippen molar-refractivity contribution < 1.29 is 0 Å². The quantitative estimate of drug-likeness (QED) is 0.598. The highest BCUT2D eigenvalue weighted by molar-refractivity contribution is 6.28. The van der Waals surface area contributed by atoms with Gasteiger partial charge in [-0.3, -0.25) is 9.78 Å². The normalized spacial score (nSPS) is 10.4. The standard InChI is InChI=1S/C6H3ClN4O/c7-6-10-3-1-8-2-9-4(3)5(12)11-6/h1-2H,(H,10,11,12). The highest BCUT2D eigenvalue weighted by Gasteiger charge is 2.01. The number of rotatable bonds is 0. The van der Waals surface area contributed by atoms with Gasteiger partial charge in [0, 0.05) is 0 Å². The van der Waals surface area contributed by atoms with Gasteiger partial charge in [-0.25, -0.2) is 15.0 Å². The molecule has 0 saturated carbocycles. The highest BCUT2D eigenvalue weighted by Crippen LogP contribution is 2.02. The van der Waals surface area contributed by atoms with E-state index in [1.807, 2.05) is 0 Å². The maximum absolute atomic E-state index is 11.1. The molecule has 0 bridgehead atoms. The van der Waals surface area contributed by atoms with Gasteiger partial charge < -0.3 is 0 Å². The number of aromatic nitrogens is 4. The SMILES string of the molecule is O=c1[nH]c(Cl)nc2cncnc12. The van der Waals surface area contributed by atoms with Gasteiger partial charge in [0.15, 0.2) is 5.52 Å². The molecule has 0 aliphatic rings. The van der Waals surface area contributed by atoms with Crippen LogP contribution in [0.15, 0.2) is 17.3 Å². The molecule has 1 N–H and O–H groups in total. The lowest BCUT2D eigenvalue weighted by Gasteiger charge is -1.93. The van der Waals surface area contributed by atoms with Crippen LogP contribution in [-0.2, 0) is 0 Å². The Bertz CT molecular complexity index is 480. The molecule has 2 aromatic heterocycles. The smallest absolute Gasteiger partial charge is 0.278 e. The van der Waals surface area contributed by atoms with E-state index in [-0.39, 0.29) is 16.4 Å². The molecule has 2 aromatic rings. The van der Waals surface area contributed by atoms with Crippen LogP contribution < -0.4 is 5.56 Å². The summed E-state index contributed by atoms with van der Waals surface area (Å²) in [6.07, 6.45) is 2.72. The van der Waals surface area contributed by atoms with Crippen LogP contribution in [0.4, 0.5) is 0 Å². The fraction of sp³-hybridized carbons (Fsp3) is 0. The van der Waals surface area contributed by atoms with Gasteiger partial charge in [0.1, 0.15) is 11.8 Å². The maximum Gasteiger partial charge on any atom is 0.278 e. The summed E-state index contributed by atoms with van der Waals surface area (Å²) >= 11 is 5.50. The summed E-state index contributed by atoms with van der Waals surface area (Å²) in [5.41, 5.74) is 0.285. The van der Waals surface area contributed by atoms with E-state index in [9.17, 15) is 4.79 Å². The molecule has 12 heavy (non-hydrogen) atoms. The minimum Gasteiger partial charge on any atom is -0.295 e. The van der Waals surface area contributed by atoms with Crippen LogP contribution in [0.25, 0.3) is 11.0 Å². The van der Waals surface area contributed by atoms with Gasteiger partial charge >= 0.3 is 0 Å². The second kappa shape index (κ2) is 2.53. The zero-order chi connectivity index (χ0) is 8.55. The van der Waals surface area contributed by atoms with Crippen molar-refractivity contribution >= 4 is 22.6 Å². The molecule has 2 rings (SSSR count). The number of aromatic amines is 1. The first kappa shape index (κ1) is 7.17. The Labute approximate surface area is 71.5 Å². The topological polar surface area (TPSA) is 71.5 Å². The molecule has 5 nitrogen and oxygen atoms in total. The minimum atomic E-state index is -0.354. The summed E-state index contributed by atoms with van der Waals surface area (Å²) in [5.74, 6) is 0. The number of hydrogen-bond donors (Lipinski definition) is 1. The summed E-state index contributed by atoms with van der Waals surface area (Å²) < 4.78 is 0. The molecular formula is C6H3ClN4O. The van der Waals surface area contributed by atoms with E-state index >= 15 is 0 Å². The Hall–Kier alpha value is -1.49. The average Bonchev–Trinajstić information content (AvgIpc) is 2.04. The van der Waals surface area contributed by atoms with Crippen molar-refractivity contribution in [3.8, 4) is 0 Å². The molecule has 0 radical (unpaired) electrons. The monoisotopic (exact) mass is 182 g/mol. The summed E-state index contributed by atoms with van der Waals surface area (Å²) in [4.78, 5) is 24.7. The summed E-state index contributed by atoms with van der Waals surface area (Å²) in [5, 5.41) is 0.0438. The van der Waals surface area contributed by atoms with E-state index in [2.05, 4.69) is 19.9 Å². The molecule has 60 valence electrons. The second-order valence-corrected chi connectivity index (χ2v) is 2.47. The van der Waals surface area contributed by atoms with E-state index in [0.717, 1.165) is 0 Å². The molecule has 0 fully saturated rings. The zero-order valence-corrected chi connectivity index (χ0v) is 6.54. The molecule has 0 aliphatic heterocycles. The molecule has 0 amide bonds. The van der Waals surface area contributed by atoms with Crippen molar-refractivity contribution in [2.75, 3.05) is 0 Å². The average molecular weight is 183 g/mol. The zero-order valence-electron chi connectivity index (χ0n) is 5.78. The molecule has 0 atom stereocenters. The predicted octanol–water partition coefficient (Wildman–Crippen LogP) is 0.366. The minimum absolute atomic E-state index is 0.0438. The number of H-pyrrole nitrogens is 1. The van der Waals surface area contributed by atoms with Crippen LogP contribution >= 0.6 is 11.6 Å². The van der Waals surface area contributed by atoms with Crippen LogP contribution in [0.5, 0.6) is 0 Å². The molecule has 0 saturated heterocycles. The second-order valence-electron chi connectivity index (χ2n) is 2.11. The van der Waals surface area contributed by atoms with E-state index in [1.54, 1.807) is 0 Å². The molecule has 6 heteroatoms. The van der Waals surface area contributed by atoms with Gasteiger partial charge in [0.05, 0.1) is 6.20 Å². The van der Waals surface area contributed by atoms with E-state index in [4.69, 9.17) is 11.6 Å². The van der Waals surface area contributed by atoms with Crippen LogP contribution in [-0.4, -0.2) is 19.9 Å². The first-order valence-electron chi connectivity index (χ1n) is 3.13. The molecule has 0 aliphatic carbocycles. The van der Waals surface area contributed by atoms with E-state index in [1.165, 1.54) is 12.5 Å². The lowest BCUT2D eigenvalue weighted by molar-refractivity contribution is 1.11. The van der Waals surface area contributed by atoms with Gasteiger partial charge in [0.2, 0.25) is 5.28 Å². The van der Waals surface area contributed by atoms with Crippen LogP contribution in [0, 0.1) is 0 Å². The van der Waals surface area contributed by atoms with Crippen molar-refractivity contribution in [1.82, 2.24) is 19.9 Å². The molecular weight excluding hydrogens is 180 g/mol. The molecule has 0 unspecified atom stereocenters. The first-order chi connectivity index (χ1) is 5.77. The van der Waals surface area contributed by atoms with Crippen molar-refractivity contribution in [2.45, 2.75) is 0 Å². The van der Waals surface area contributed by atoms with Crippen molar-refractivity contribution in [3.05, 3.63) is 28.2 Å². The largest absolute Gasteiger partial charge is 0.295 e. The first-order valence-corrected chi connectivity index (χ1v) is 3.51. The third-order valence-corrected chi connectivity index (χ3v) is 1.52. The molecule has 0 spiro atoms. The Balaban J connectivity index is 2.99. The third-order valence-electron chi connectivity index (χ3n) is 1.34. The van der Waals surface area contributed by atoms with Crippen molar-refractivity contribution in [2.24, 2.45) is 0 Å². The lowest BCUT2D eigenvalue weighted by atomic mass is 10.4. The number of halogens is 1. The fourth-order valence-electron chi connectivity index (χ4n) is 0.866. The van der Waals surface area contributed by atoms with Gasteiger partial charge in [-0.05, 0) is 11.6 Å². The number of fused-ring (bicyclic) bond motifs is 1. The summed E-state index contributed by atoms with van der Waals surface area (Å²) in [7, 11) is 0. The third kappa shape index (κ3) is 1.04. The Morgan fingerprint density at radius 1 is 1.50 bits per heavy atom. The van der Waals surface area contributed by atoms with E-state index < -0.39 is 0 Å². The Kier molecular flexibility index (Phi) is 1.51. The Morgan fingerprint density at radius 3 is 3.17 bits per heavy atom. The number of hydrogen-bond acceptors (Lipinski definition) is 4. The van der Waals surface area contributed by atoms with E-state index in [0.29, 0.717) is 5.52 Å². The maximum atomic E-state index is 11.1. The number of nitrogens with one attached hydrogen (secondary N) is 1. The van der Waals surface area contributed by atoms with Gasteiger partial charge in [-0.2, -0.15) is 0 Å². The molecule has 0 aromatic carbocycles. The summed E-state index contributed by atoms with van der Waals surface area (Å²) in [6.45, 7) is 0. The van der Waals surface area contributed by atoms with Crippen molar-refractivity contribution in [1.29, 1.82) is 0 Å². The van der Waals surface area contributed by atoms with Gasteiger partial charge in [0.25, 0.3) is 5.56 Å².